The molecule has 1 aromatic carbocycles. The Kier molecular flexibility index (Phi) is 5.67. The van der Waals surface area contributed by atoms with Gasteiger partial charge in [0.1, 0.15) is 5.75 Å². The van der Waals surface area contributed by atoms with Crippen molar-refractivity contribution in [3.05, 3.63) is 48.2 Å². The molecule has 0 atom stereocenters. The van der Waals surface area contributed by atoms with Crippen LogP contribution in [0.3, 0.4) is 0 Å². The SMILES string of the molecule is CCCCCc1ccc(-c2ccc(OC(F)F)cc2)nc1. The molecule has 21 heavy (non-hydrogen) atoms. The lowest BCUT2D eigenvalue weighted by molar-refractivity contribution is -0.0498. The highest BCUT2D eigenvalue weighted by molar-refractivity contribution is 5.60. The lowest BCUT2D eigenvalue weighted by Gasteiger charge is -2.06. The van der Waals surface area contributed by atoms with Gasteiger partial charge in [-0.1, -0.05) is 25.8 Å². The summed E-state index contributed by atoms with van der Waals surface area (Å²) in [7, 11) is 0. The number of rotatable bonds is 7. The Balaban J connectivity index is 2.01. The van der Waals surface area contributed by atoms with Gasteiger partial charge in [-0.15, -0.1) is 0 Å². The van der Waals surface area contributed by atoms with Crippen molar-refractivity contribution in [3.8, 4) is 17.0 Å². The normalized spacial score (nSPS) is 10.9. The Hall–Kier alpha value is -1.97. The second-order valence-corrected chi connectivity index (χ2v) is 4.91. The van der Waals surface area contributed by atoms with Crippen LogP contribution in [0.1, 0.15) is 31.7 Å². The molecular formula is C17H19F2NO. The number of ether oxygens (including phenoxy) is 1. The van der Waals surface area contributed by atoms with Crippen LogP contribution in [0.4, 0.5) is 8.78 Å². The van der Waals surface area contributed by atoms with Crippen molar-refractivity contribution in [1.29, 1.82) is 0 Å². The van der Waals surface area contributed by atoms with E-state index < -0.39 is 6.61 Å². The van der Waals surface area contributed by atoms with Gasteiger partial charge in [0.05, 0.1) is 5.69 Å². The Bertz CT molecular complexity index is 538. The number of pyridine rings is 1. The van der Waals surface area contributed by atoms with Crippen molar-refractivity contribution in [3.63, 3.8) is 0 Å². The van der Waals surface area contributed by atoms with Crippen LogP contribution in [0.25, 0.3) is 11.3 Å². The van der Waals surface area contributed by atoms with Gasteiger partial charge < -0.3 is 4.74 Å². The zero-order valence-electron chi connectivity index (χ0n) is 12.1. The first-order chi connectivity index (χ1) is 10.2. The maximum absolute atomic E-state index is 12.1. The third-order valence-electron chi connectivity index (χ3n) is 3.27. The topological polar surface area (TPSA) is 22.1 Å². The summed E-state index contributed by atoms with van der Waals surface area (Å²) in [6.45, 7) is -0.612. The van der Waals surface area contributed by atoms with E-state index >= 15 is 0 Å². The zero-order chi connectivity index (χ0) is 15.1. The minimum Gasteiger partial charge on any atom is -0.435 e. The quantitative estimate of drug-likeness (QED) is 0.663. The summed E-state index contributed by atoms with van der Waals surface area (Å²) in [4.78, 5) is 4.43. The minimum absolute atomic E-state index is 0.157. The van der Waals surface area contributed by atoms with Gasteiger partial charge >= 0.3 is 6.61 Å². The van der Waals surface area contributed by atoms with Gasteiger partial charge in [-0.3, -0.25) is 4.98 Å². The van der Waals surface area contributed by atoms with E-state index in [9.17, 15) is 8.78 Å². The summed E-state index contributed by atoms with van der Waals surface area (Å²) < 4.78 is 28.5. The molecule has 0 amide bonds. The van der Waals surface area contributed by atoms with E-state index in [1.807, 2.05) is 12.3 Å². The number of hydrogen-bond donors (Lipinski definition) is 0. The first-order valence-electron chi connectivity index (χ1n) is 7.19. The average Bonchev–Trinajstić information content (AvgIpc) is 2.49. The summed E-state index contributed by atoms with van der Waals surface area (Å²) in [5.74, 6) is 0.157. The number of unbranched alkanes of at least 4 members (excludes halogenated alkanes) is 2. The lowest BCUT2D eigenvalue weighted by Crippen LogP contribution is -2.01. The van der Waals surface area contributed by atoms with Crippen LogP contribution in [-0.4, -0.2) is 11.6 Å². The van der Waals surface area contributed by atoms with Gasteiger partial charge in [0.25, 0.3) is 0 Å². The fourth-order valence-corrected chi connectivity index (χ4v) is 2.13. The Morgan fingerprint density at radius 3 is 2.38 bits per heavy atom. The van der Waals surface area contributed by atoms with E-state index in [2.05, 4.69) is 22.7 Å². The van der Waals surface area contributed by atoms with E-state index in [0.29, 0.717) is 0 Å². The molecule has 0 N–H and O–H groups in total. The number of benzene rings is 1. The summed E-state index contributed by atoms with van der Waals surface area (Å²) in [6, 6.07) is 10.6. The molecule has 0 aliphatic rings. The van der Waals surface area contributed by atoms with Gasteiger partial charge in [-0.2, -0.15) is 8.78 Å². The highest BCUT2D eigenvalue weighted by Gasteiger charge is 2.05. The van der Waals surface area contributed by atoms with Crippen molar-refractivity contribution in [2.75, 3.05) is 0 Å². The van der Waals surface area contributed by atoms with Gasteiger partial charge in [-0.25, -0.2) is 0 Å². The number of hydrogen-bond acceptors (Lipinski definition) is 2. The largest absolute Gasteiger partial charge is 0.435 e. The minimum atomic E-state index is -2.80. The number of halogens is 2. The van der Waals surface area contributed by atoms with Crippen LogP contribution in [-0.2, 0) is 6.42 Å². The van der Waals surface area contributed by atoms with Crippen LogP contribution in [0.15, 0.2) is 42.6 Å². The van der Waals surface area contributed by atoms with Crippen molar-refractivity contribution >= 4 is 0 Å². The second kappa shape index (κ2) is 7.72. The molecule has 1 aromatic heterocycles. The molecule has 0 radical (unpaired) electrons. The smallest absolute Gasteiger partial charge is 0.387 e. The van der Waals surface area contributed by atoms with Crippen molar-refractivity contribution in [2.24, 2.45) is 0 Å². The van der Waals surface area contributed by atoms with Gasteiger partial charge in [0.2, 0.25) is 0 Å². The number of aryl methyl sites for hydroxylation is 1. The summed E-state index contributed by atoms with van der Waals surface area (Å²) in [6.07, 6.45) is 6.54. The third-order valence-corrected chi connectivity index (χ3v) is 3.27. The Morgan fingerprint density at radius 1 is 1.05 bits per heavy atom. The molecule has 0 aliphatic carbocycles. The van der Waals surface area contributed by atoms with Crippen LogP contribution < -0.4 is 4.74 Å². The molecule has 0 fully saturated rings. The second-order valence-electron chi connectivity index (χ2n) is 4.91. The molecule has 0 saturated heterocycles. The van der Waals surface area contributed by atoms with E-state index in [-0.39, 0.29) is 5.75 Å². The highest BCUT2D eigenvalue weighted by Crippen LogP contribution is 2.22. The highest BCUT2D eigenvalue weighted by atomic mass is 19.3. The monoisotopic (exact) mass is 291 g/mol. The number of nitrogens with zero attached hydrogens (tertiary/aromatic N) is 1. The van der Waals surface area contributed by atoms with E-state index in [1.54, 1.807) is 12.1 Å². The van der Waals surface area contributed by atoms with E-state index in [0.717, 1.165) is 17.7 Å². The van der Waals surface area contributed by atoms with Gasteiger partial charge in [-0.05, 0) is 48.7 Å². The first kappa shape index (κ1) is 15.4. The van der Waals surface area contributed by atoms with Crippen LogP contribution in [0.2, 0.25) is 0 Å². The van der Waals surface area contributed by atoms with Gasteiger partial charge in [0.15, 0.2) is 0 Å². The number of aromatic nitrogens is 1. The summed E-state index contributed by atoms with van der Waals surface area (Å²) >= 11 is 0. The predicted octanol–water partition coefficient (Wildman–Crippen LogP) is 5.08. The van der Waals surface area contributed by atoms with Crippen molar-refractivity contribution < 1.29 is 13.5 Å². The molecule has 2 aromatic rings. The molecule has 0 unspecified atom stereocenters. The Morgan fingerprint density at radius 2 is 1.81 bits per heavy atom. The predicted molar refractivity (Wildman–Crippen MR) is 79.5 cm³/mol. The van der Waals surface area contributed by atoms with E-state index in [1.165, 1.54) is 37.0 Å². The molecule has 112 valence electrons. The van der Waals surface area contributed by atoms with Crippen LogP contribution in [0.5, 0.6) is 5.75 Å². The van der Waals surface area contributed by atoms with Crippen LogP contribution >= 0.6 is 0 Å². The van der Waals surface area contributed by atoms with E-state index in [4.69, 9.17) is 0 Å². The van der Waals surface area contributed by atoms with Crippen molar-refractivity contribution in [1.82, 2.24) is 4.98 Å². The molecule has 0 aliphatic heterocycles. The van der Waals surface area contributed by atoms with Gasteiger partial charge in [0, 0.05) is 11.8 Å². The molecular weight excluding hydrogens is 272 g/mol. The zero-order valence-corrected chi connectivity index (χ0v) is 12.1. The third kappa shape index (κ3) is 4.81. The Labute approximate surface area is 123 Å². The average molecular weight is 291 g/mol. The summed E-state index contributed by atoms with van der Waals surface area (Å²) in [5, 5.41) is 0. The fourth-order valence-electron chi connectivity index (χ4n) is 2.13. The first-order valence-corrected chi connectivity index (χ1v) is 7.19. The molecule has 0 spiro atoms. The molecule has 2 nitrogen and oxygen atoms in total. The lowest BCUT2D eigenvalue weighted by atomic mass is 10.1. The molecule has 1 heterocycles. The standard InChI is InChI=1S/C17H19F2NO/c1-2-3-4-5-13-6-11-16(20-12-13)14-7-9-15(10-8-14)21-17(18)19/h6-12,17H,2-5H2,1H3. The maximum atomic E-state index is 12.1. The van der Waals surface area contributed by atoms with Crippen molar-refractivity contribution in [2.45, 2.75) is 39.2 Å². The maximum Gasteiger partial charge on any atom is 0.387 e. The molecule has 4 heteroatoms. The fraction of sp³-hybridized carbons (Fsp3) is 0.353. The summed E-state index contributed by atoms with van der Waals surface area (Å²) in [5.41, 5.74) is 2.94. The molecule has 0 saturated carbocycles. The van der Waals surface area contributed by atoms with Crippen LogP contribution in [0, 0.1) is 0 Å². The molecule has 0 bridgehead atoms. The molecule has 2 rings (SSSR count). The number of alkyl halides is 2.